The van der Waals surface area contributed by atoms with E-state index < -0.39 is 0 Å². The van der Waals surface area contributed by atoms with E-state index in [1.807, 2.05) is 12.4 Å². The lowest BCUT2D eigenvalue weighted by atomic mass is 9.92. The molecule has 0 amide bonds. The van der Waals surface area contributed by atoms with E-state index in [4.69, 9.17) is 0 Å². The van der Waals surface area contributed by atoms with Crippen molar-refractivity contribution in [2.24, 2.45) is 5.92 Å². The first-order valence-electron chi connectivity index (χ1n) is 3.72. The van der Waals surface area contributed by atoms with Gasteiger partial charge in [-0.15, -0.1) is 0 Å². The Bertz CT molecular complexity index is 172. The van der Waals surface area contributed by atoms with Gasteiger partial charge in [-0.1, -0.05) is 6.08 Å². The minimum Gasteiger partial charge on any atom is -0.391 e. The molecule has 0 aromatic carbocycles. The molecule has 2 aliphatic rings. The molecule has 2 heterocycles. The number of nitrogens with zero attached hydrogens (tertiary/aromatic N) is 1. The Morgan fingerprint density at radius 2 is 2.50 bits per heavy atom. The van der Waals surface area contributed by atoms with Gasteiger partial charge in [-0.3, -0.25) is 5.32 Å². The van der Waals surface area contributed by atoms with Crippen LogP contribution < -0.4 is 10.6 Å². The zero-order valence-corrected chi connectivity index (χ0v) is 5.83. The van der Waals surface area contributed by atoms with E-state index in [-0.39, 0.29) is 0 Å². The second-order valence-corrected chi connectivity index (χ2v) is 2.79. The molecule has 0 aromatic rings. The topological polar surface area (TPSA) is 26.1 Å². The minimum absolute atomic E-state index is 0.450. The van der Waals surface area contributed by atoms with Crippen molar-refractivity contribution in [1.82, 2.24) is 10.6 Å². The van der Waals surface area contributed by atoms with E-state index in [1.54, 1.807) is 0 Å². The molecule has 2 rings (SSSR count). The van der Waals surface area contributed by atoms with Gasteiger partial charge in [0.25, 0.3) is 0 Å². The first kappa shape index (κ1) is 5.83. The average molecular weight is 135 g/mol. The van der Waals surface area contributed by atoms with Gasteiger partial charge in [0.05, 0.1) is 6.04 Å². The molecule has 0 aromatic heterocycles. The standard InChI is InChI=1S/C8H11N2/c1-2-7-6-9-5-3-8(7)10-4-1/h1,3-5,7-9H,2,6H2. The highest BCUT2D eigenvalue weighted by Crippen LogP contribution is 2.17. The second kappa shape index (κ2) is 2.37. The molecule has 2 atom stereocenters. The molecule has 0 fully saturated rings. The molecule has 10 heavy (non-hydrogen) atoms. The number of allylic oxidation sites excluding steroid dienone is 1. The van der Waals surface area contributed by atoms with Crippen molar-refractivity contribution < 1.29 is 0 Å². The number of hydrogen-bond acceptors (Lipinski definition) is 1. The maximum atomic E-state index is 4.34. The summed E-state index contributed by atoms with van der Waals surface area (Å²) in [6.45, 7) is 1.08. The summed E-state index contributed by atoms with van der Waals surface area (Å²) in [4.78, 5) is 0. The quantitative estimate of drug-likeness (QED) is 0.517. The SMILES string of the molecule is C1=C[N]C2C=CNCC2C1. The summed E-state index contributed by atoms with van der Waals surface area (Å²) >= 11 is 0. The summed E-state index contributed by atoms with van der Waals surface area (Å²) in [6.07, 6.45) is 9.38. The van der Waals surface area contributed by atoms with Gasteiger partial charge in [0.1, 0.15) is 0 Å². The minimum atomic E-state index is 0.450. The molecular weight excluding hydrogens is 124 g/mol. The van der Waals surface area contributed by atoms with Gasteiger partial charge in [-0.2, -0.15) is 0 Å². The Morgan fingerprint density at radius 3 is 3.40 bits per heavy atom. The summed E-state index contributed by atoms with van der Waals surface area (Å²) in [6, 6.07) is 0.450. The first-order chi connectivity index (χ1) is 4.97. The van der Waals surface area contributed by atoms with Gasteiger partial charge in [0.2, 0.25) is 0 Å². The smallest absolute Gasteiger partial charge is 0.0744 e. The molecule has 53 valence electrons. The van der Waals surface area contributed by atoms with E-state index in [2.05, 4.69) is 22.8 Å². The second-order valence-electron chi connectivity index (χ2n) is 2.79. The summed E-state index contributed by atoms with van der Waals surface area (Å²) < 4.78 is 0. The van der Waals surface area contributed by atoms with E-state index in [9.17, 15) is 0 Å². The van der Waals surface area contributed by atoms with Gasteiger partial charge in [-0.05, 0) is 18.7 Å². The van der Waals surface area contributed by atoms with Crippen LogP contribution in [0.4, 0.5) is 0 Å². The molecule has 1 N–H and O–H groups in total. The lowest BCUT2D eigenvalue weighted by Crippen LogP contribution is -2.38. The van der Waals surface area contributed by atoms with Gasteiger partial charge in [0.15, 0.2) is 0 Å². The molecule has 0 saturated heterocycles. The Labute approximate surface area is 61.0 Å². The lowest BCUT2D eigenvalue weighted by molar-refractivity contribution is 0.392. The van der Waals surface area contributed by atoms with Crippen LogP contribution in [0.5, 0.6) is 0 Å². The van der Waals surface area contributed by atoms with Crippen molar-refractivity contribution in [2.75, 3.05) is 6.54 Å². The Hall–Kier alpha value is -0.920. The number of fused-ring (bicyclic) bond motifs is 1. The molecular formula is C8H11N2. The van der Waals surface area contributed by atoms with Crippen LogP contribution in [-0.2, 0) is 0 Å². The van der Waals surface area contributed by atoms with Crippen LogP contribution in [0.3, 0.4) is 0 Å². The maximum Gasteiger partial charge on any atom is 0.0744 e. The largest absolute Gasteiger partial charge is 0.391 e. The van der Waals surface area contributed by atoms with Crippen molar-refractivity contribution in [1.29, 1.82) is 0 Å². The molecule has 0 aliphatic carbocycles. The van der Waals surface area contributed by atoms with E-state index in [1.165, 1.54) is 6.42 Å². The van der Waals surface area contributed by atoms with E-state index in [0.29, 0.717) is 12.0 Å². The van der Waals surface area contributed by atoms with E-state index in [0.717, 1.165) is 6.54 Å². The Balaban J connectivity index is 2.12. The van der Waals surface area contributed by atoms with Crippen molar-refractivity contribution >= 4 is 0 Å². The first-order valence-corrected chi connectivity index (χ1v) is 3.72. The fourth-order valence-corrected chi connectivity index (χ4v) is 1.45. The lowest BCUT2D eigenvalue weighted by Gasteiger charge is -2.28. The molecule has 2 aliphatic heterocycles. The molecule has 0 saturated carbocycles. The van der Waals surface area contributed by atoms with Crippen molar-refractivity contribution in [3.8, 4) is 0 Å². The van der Waals surface area contributed by atoms with Gasteiger partial charge < -0.3 is 5.32 Å². The summed E-state index contributed by atoms with van der Waals surface area (Å²) in [5, 5.41) is 7.55. The third-order valence-electron chi connectivity index (χ3n) is 2.08. The van der Waals surface area contributed by atoms with Crippen molar-refractivity contribution in [3.05, 3.63) is 24.6 Å². The van der Waals surface area contributed by atoms with Gasteiger partial charge >= 0.3 is 0 Å². The molecule has 1 radical (unpaired) electrons. The fourth-order valence-electron chi connectivity index (χ4n) is 1.45. The van der Waals surface area contributed by atoms with Crippen LogP contribution in [0.2, 0.25) is 0 Å². The van der Waals surface area contributed by atoms with Crippen molar-refractivity contribution in [3.63, 3.8) is 0 Å². The molecule has 2 unspecified atom stereocenters. The number of rotatable bonds is 0. The van der Waals surface area contributed by atoms with Gasteiger partial charge in [0, 0.05) is 18.7 Å². The highest BCUT2D eigenvalue weighted by atomic mass is 15.0. The summed E-state index contributed by atoms with van der Waals surface area (Å²) in [7, 11) is 0. The molecule has 0 bridgehead atoms. The molecule has 2 nitrogen and oxygen atoms in total. The summed E-state index contributed by atoms with van der Waals surface area (Å²) in [5.74, 6) is 0.704. The Morgan fingerprint density at radius 1 is 1.50 bits per heavy atom. The van der Waals surface area contributed by atoms with E-state index >= 15 is 0 Å². The van der Waals surface area contributed by atoms with Crippen LogP contribution in [0, 0.1) is 5.92 Å². The van der Waals surface area contributed by atoms with Crippen LogP contribution in [0.25, 0.3) is 0 Å². The van der Waals surface area contributed by atoms with Crippen LogP contribution >= 0.6 is 0 Å². The predicted octanol–water partition coefficient (Wildman–Crippen LogP) is 0.610. The third kappa shape index (κ3) is 0.897. The third-order valence-corrected chi connectivity index (χ3v) is 2.08. The zero-order valence-electron chi connectivity index (χ0n) is 5.83. The fraction of sp³-hybridized carbons (Fsp3) is 0.500. The monoisotopic (exact) mass is 135 g/mol. The predicted molar refractivity (Wildman–Crippen MR) is 40.3 cm³/mol. The maximum absolute atomic E-state index is 4.34. The normalized spacial score (nSPS) is 36.0. The zero-order chi connectivity index (χ0) is 6.81. The van der Waals surface area contributed by atoms with Crippen molar-refractivity contribution in [2.45, 2.75) is 12.5 Å². The molecule has 2 heteroatoms. The highest BCUT2D eigenvalue weighted by Gasteiger charge is 2.22. The average Bonchev–Trinajstić information content (AvgIpc) is 2.05. The number of nitrogens with one attached hydrogen (secondary N) is 1. The number of hydrogen-bond donors (Lipinski definition) is 1. The highest BCUT2D eigenvalue weighted by molar-refractivity contribution is 5.08. The van der Waals surface area contributed by atoms with Gasteiger partial charge in [-0.25, -0.2) is 0 Å². The van der Waals surface area contributed by atoms with Crippen LogP contribution in [0.15, 0.2) is 24.6 Å². The van der Waals surface area contributed by atoms with Crippen LogP contribution in [-0.4, -0.2) is 12.6 Å². The summed E-state index contributed by atoms with van der Waals surface area (Å²) in [5.41, 5.74) is 0. The molecule has 0 spiro atoms. The Kier molecular flexibility index (Phi) is 1.38. The van der Waals surface area contributed by atoms with Crippen LogP contribution in [0.1, 0.15) is 6.42 Å².